The molecule has 0 unspecified atom stereocenters. The van der Waals surface area contributed by atoms with Gasteiger partial charge < -0.3 is 19.2 Å². The van der Waals surface area contributed by atoms with E-state index in [1.807, 2.05) is 54.6 Å². The molecule has 0 bridgehead atoms. The Balaban J connectivity index is 1.78. The summed E-state index contributed by atoms with van der Waals surface area (Å²) in [5.74, 6) is 0.759. The van der Waals surface area contributed by atoms with Gasteiger partial charge in [-0.3, -0.25) is 4.79 Å². The molecule has 1 heterocycles. The molecule has 1 amide bonds. The third-order valence-electron chi connectivity index (χ3n) is 4.53. The van der Waals surface area contributed by atoms with Crippen molar-refractivity contribution >= 4 is 28.3 Å². The van der Waals surface area contributed by atoms with Crippen molar-refractivity contribution in [2.75, 3.05) is 19.5 Å². The number of nitrogens with one attached hydrogen (secondary N) is 1. The zero-order valence-corrected chi connectivity index (χ0v) is 16.6. The van der Waals surface area contributed by atoms with Crippen LogP contribution < -0.4 is 20.3 Å². The maximum Gasteiger partial charge on any atom is 0.261 e. The SMILES string of the molecule is COc1ccc(NC(=O)c2cc3ccccc3oc2=Nc2ccccc2)cc1OC. The first kappa shape index (κ1) is 19.3. The summed E-state index contributed by atoms with van der Waals surface area (Å²) in [4.78, 5) is 17.7. The van der Waals surface area contributed by atoms with Gasteiger partial charge in [-0.05, 0) is 36.4 Å². The molecule has 0 saturated heterocycles. The molecule has 3 aromatic carbocycles. The summed E-state index contributed by atoms with van der Waals surface area (Å²) in [6.07, 6.45) is 0. The lowest BCUT2D eigenvalue weighted by Gasteiger charge is -2.11. The lowest BCUT2D eigenvalue weighted by molar-refractivity contribution is 0.102. The Morgan fingerprint density at radius 1 is 0.867 bits per heavy atom. The van der Waals surface area contributed by atoms with Crippen LogP contribution in [0.4, 0.5) is 11.4 Å². The van der Waals surface area contributed by atoms with Gasteiger partial charge in [-0.1, -0.05) is 36.4 Å². The summed E-state index contributed by atoms with van der Waals surface area (Å²) in [6.45, 7) is 0. The molecule has 0 aliphatic rings. The van der Waals surface area contributed by atoms with E-state index in [4.69, 9.17) is 13.9 Å². The van der Waals surface area contributed by atoms with E-state index in [0.717, 1.165) is 5.39 Å². The van der Waals surface area contributed by atoms with Crippen LogP contribution in [-0.4, -0.2) is 20.1 Å². The van der Waals surface area contributed by atoms with Crippen molar-refractivity contribution in [2.24, 2.45) is 4.99 Å². The molecule has 4 rings (SSSR count). The fourth-order valence-corrected chi connectivity index (χ4v) is 3.05. The first-order chi connectivity index (χ1) is 14.7. The number of rotatable bonds is 5. The third kappa shape index (κ3) is 4.03. The highest BCUT2D eigenvalue weighted by Crippen LogP contribution is 2.30. The van der Waals surface area contributed by atoms with Crippen LogP contribution in [0.25, 0.3) is 11.0 Å². The van der Waals surface area contributed by atoms with Gasteiger partial charge >= 0.3 is 0 Å². The van der Waals surface area contributed by atoms with Gasteiger partial charge in [-0.25, -0.2) is 4.99 Å². The van der Waals surface area contributed by atoms with Crippen LogP contribution in [0, 0.1) is 0 Å². The molecular weight excluding hydrogens is 380 g/mol. The molecule has 0 radical (unpaired) electrons. The van der Waals surface area contributed by atoms with Crippen molar-refractivity contribution in [2.45, 2.75) is 0 Å². The van der Waals surface area contributed by atoms with E-state index in [1.54, 1.807) is 38.5 Å². The number of methoxy groups -OCH3 is 2. The summed E-state index contributed by atoms with van der Waals surface area (Å²) in [5.41, 5.74) is 2.47. The van der Waals surface area contributed by atoms with Gasteiger partial charge in [0.05, 0.1) is 19.9 Å². The maximum atomic E-state index is 13.1. The first-order valence-corrected chi connectivity index (χ1v) is 9.34. The van der Waals surface area contributed by atoms with Crippen molar-refractivity contribution in [1.82, 2.24) is 0 Å². The number of para-hydroxylation sites is 2. The van der Waals surface area contributed by atoms with E-state index in [-0.39, 0.29) is 11.5 Å². The molecule has 1 aromatic heterocycles. The summed E-state index contributed by atoms with van der Waals surface area (Å²) >= 11 is 0. The van der Waals surface area contributed by atoms with Crippen molar-refractivity contribution in [3.63, 3.8) is 0 Å². The summed E-state index contributed by atoms with van der Waals surface area (Å²) in [5, 5.41) is 3.69. The topological polar surface area (TPSA) is 73.1 Å². The van der Waals surface area contributed by atoms with Crippen LogP contribution in [0.15, 0.2) is 88.3 Å². The van der Waals surface area contributed by atoms with E-state index in [9.17, 15) is 4.79 Å². The van der Waals surface area contributed by atoms with Crippen LogP contribution in [0.2, 0.25) is 0 Å². The number of hydrogen-bond acceptors (Lipinski definition) is 5. The molecule has 0 aliphatic carbocycles. The summed E-state index contributed by atoms with van der Waals surface area (Å²) in [7, 11) is 3.10. The maximum absolute atomic E-state index is 13.1. The van der Waals surface area contributed by atoms with Gasteiger partial charge in [0.2, 0.25) is 5.55 Å². The molecule has 0 spiro atoms. The van der Waals surface area contributed by atoms with E-state index in [0.29, 0.717) is 34.0 Å². The second-order valence-corrected chi connectivity index (χ2v) is 6.47. The zero-order chi connectivity index (χ0) is 20.9. The molecule has 30 heavy (non-hydrogen) atoms. The fourth-order valence-electron chi connectivity index (χ4n) is 3.05. The second kappa shape index (κ2) is 8.53. The van der Waals surface area contributed by atoms with Crippen molar-refractivity contribution in [1.29, 1.82) is 0 Å². The Morgan fingerprint density at radius 2 is 1.60 bits per heavy atom. The minimum atomic E-state index is -0.341. The van der Waals surface area contributed by atoms with Crippen molar-refractivity contribution in [3.8, 4) is 11.5 Å². The van der Waals surface area contributed by atoms with Crippen LogP contribution in [-0.2, 0) is 0 Å². The fraction of sp³-hybridized carbons (Fsp3) is 0.0833. The minimum absolute atomic E-state index is 0.234. The number of ether oxygens (including phenoxy) is 2. The number of amides is 1. The summed E-state index contributed by atoms with van der Waals surface area (Å²) < 4.78 is 16.5. The number of anilines is 1. The number of nitrogens with zero attached hydrogens (tertiary/aromatic N) is 1. The number of hydrogen-bond donors (Lipinski definition) is 1. The smallest absolute Gasteiger partial charge is 0.261 e. The highest BCUT2D eigenvalue weighted by molar-refractivity contribution is 6.05. The Hall–Kier alpha value is -4.06. The predicted octanol–water partition coefficient (Wildman–Crippen LogP) is 4.93. The van der Waals surface area contributed by atoms with E-state index >= 15 is 0 Å². The quantitative estimate of drug-likeness (QED) is 0.515. The lowest BCUT2D eigenvalue weighted by Crippen LogP contribution is -2.21. The molecule has 1 N–H and O–H groups in total. The highest BCUT2D eigenvalue weighted by Gasteiger charge is 2.14. The standard InChI is InChI=1S/C24H20N2O4/c1-28-21-13-12-18(15-22(21)29-2)25-23(27)19-14-16-8-6-7-11-20(16)30-24(19)26-17-9-4-3-5-10-17/h3-15H,1-2H3,(H,25,27). The summed E-state index contributed by atoms with van der Waals surface area (Å²) in [6, 6.07) is 23.8. The van der Waals surface area contributed by atoms with Gasteiger partial charge in [0, 0.05) is 17.1 Å². The number of benzene rings is 3. The number of carbonyl (C=O) groups excluding carboxylic acids is 1. The average Bonchev–Trinajstić information content (AvgIpc) is 2.79. The van der Waals surface area contributed by atoms with Gasteiger partial charge in [0.15, 0.2) is 11.5 Å². The van der Waals surface area contributed by atoms with E-state index in [1.165, 1.54) is 0 Å². The molecule has 6 heteroatoms. The molecule has 0 fully saturated rings. The number of fused-ring (bicyclic) bond motifs is 1. The largest absolute Gasteiger partial charge is 0.493 e. The molecule has 0 atom stereocenters. The van der Waals surface area contributed by atoms with Gasteiger partial charge in [-0.2, -0.15) is 0 Å². The van der Waals surface area contributed by atoms with Gasteiger partial charge in [0.1, 0.15) is 11.1 Å². The average molecular weight is 400 g/mol. The highest BCUT2D eigenvalue weighted by atomic mass is 16.5. The normalized spacial score (nSPS) is 11.3. The Morgan fingerprint density at radius 3 is 2.37 bits per heavy atom. The molecule has 0 saturated carbocycles. The van der Waals surface area contributed by atoms with Gasteiger partial charge in [-0.15, -0.1) is 0 Å². The Bertz CT molecular complexity index is 1260. The van der Waals surface area contributed by atoms with Crippen molar-refractivity contribution in [3.05, 3.63) is 90.0 Å². The first-order valence-electron chi connectivity index (χ1n) is 9.34. The molecule has 6 nitrogen and oxygen atoms in total. The molecule has 0 aliphatic heterocycles. The number of carbonyl (C=O) groups is 1. The molecule has 150 valence electrons. The molecule has 4 aromatic rings. The third-order valence-corrected chi connectivity index (χ3v) is 4.53. The lowest BCUT2D eigenvalue weighted by atomic mass is 10.1. The van der Waals surface area contributed by atoms with E-state index in [2.05, 4.69) is 10.3 Å². The monoisotopic (exact) mass is 400 g/mol. The second-order valence-electron chi connectivity index (χ2n) is 6.47. The van der Waals surface area contributed by atoms with Crippen LogP contribution >= 0.6 is 0 Å². The predicted molar refractivity (Wildman–Crippen MR) is 115 cm³/mol. The minimum Gasteiger partial charge on any atom is -0.493 e. The van der Waals surface area contributed by atoms with Crippen LogP contribution in [0.5, 0.6) is 11.5 Å². The molecular formula is C24H20N2O4. The Labute approximate surface area is 173 Å². The van der Waals surface area contributed by atoms with Crippen LogP contribution in [0.1, 0.15) is 10.4 Å². The van der Waals surface area contributed by atoms with E-state index < -0.39 is 0 Å². The Kier molecular flexibility index (Phi) is 5.48. The zero-order valence-electron chi connectivity index (χ0n) is 16.6. The van der Waals surface area contributed by atoms with Crippen molar-refractivity contribution < 1.29 is 18.7 Å². The van der Waals surface area contributed by atoms with Gasteiger partial charge in [0.25, 0.3) is 5.91 Å². The van der Waals surface area contributed by atoms with Crippen LogP contribution in [0.3, 0.4) is 0 Å².